The van der Waals surface area contributed by atoms with Crippen molar-refractivity contribution in [2.45, 2.75) is 0 Å². The number of methoxy groups -OCH3 is 2. The summed E-state index contributed by atoms with van der Waals surface area (Å²) in [6.07, 6.45) is 0. The fourth-order valence-electron chi connectivity index (χ4n) is 1.86. The summed E-state index contributed by atoms with van der Waals surface area (Å²) in [4.78, 5) is 22.3. The zero-order chi connectivity index (χ0) is 16.1. The number of hydrogen-bond donors (Lipinski definition) is 0. The lowest BCUT2D eigenvalue weighted by Crippen LogP contribution is -2.05. The number of carbonyl (C=O) groups excluding carboxylic acids is 1. The van der Waals surface area contributed by atoms with E-state index in [-0.39, 0.29) is 28.5 Å². The Morgan fingerprint density at radius 1 is 1.05 bits per heavy atom. The minimum atomic E-state index is -0.632. The van der Waals surface area contributed by atoms with Crippen LogP contribution < -0.4 is 9.47 Å². The molecule has 0 saturated heterocycles. The van der Waals surface area contributed by atoms with E-state index < -0.39 is 10.9 Å². The summed E-state index contributed by atoms with van der Waals surface area (Å²) in [5.41, 5.74) is -0.107. The first kappa shape index (κ1) is 15.3. The largest absolute Gasteiger partial charge is 0.493 e. The highest BCUT2D eigenvalue weighted by molar-refractivity contribution is 5.93. The molecule has 0 spiro atoms. The summed E-state index contributed by atoms with van der Waals surface area (Å²) in [5.74, 6) is -0.304. The lowest BCUT2D eigenvalue weighted by molar-refractivity contribution is -0.385. The van der Waals surface area contributed by atoms with Gasteiger partial charge in [-0.15, -0.1) is 0 Å². The van der Waals surface area contributed by atoms with Crippen LogP contribution in [0.1, 0.15) is 10.4 Å². The summed E-state index contributed by atoms with van der Waals surface area (Å²) in [7, 11) is 2.64. The van der Waals surface area contributed by atoms with Crippen LogP contribution in [0.3, 0.4) is 0 Å². The molecule has 22 heavy (non-hydrogen) atoms. The molecular formula is C15H13NO6. The van der Waals surface area contributed by atoms with E-state index in [1.165, 1.54) is 38.5 Å². The number of benzene rings is 2. The summed E-state index contributed by atoms with van der Waals surface area (Å²) < 4.78 is 15.4. The Labute approximate surface area is 126 Å². The fourth-order valence-corrected chi connectivity index (χ4v) is 1.86. The number of rotatable bonds is 5. The van der Waals surface area contributed by atoms with Crippen LogP contribution in [0.15, 0.2) is 42.5 Å². The van der Waals surface area contributed by atoms with E-state index in [1.807, 2.05) is 0 Å². The molecule has 114 valence electrons. The molecule has 2 aromatic rings. The lowest BCUT2D eigenvalue weighted by Gasteiger charge is -2.13. The number of hydrogen-bond acceptors (Lipinski definition) is 6. The van der Waals surface area contributed by atoms with Gasteiger partial charge in [0.25, 0.3) is 0 Å². The molecule has 0 aromatic heterocycles. The maximum atomic E-state index is 11.8. The van der Waals surface area contributed by atoms with Crippen LogP contribution in [0, 0.1) is 10.1 Å². The van der Waals surface area contributed by atoms with E-state index in [9.17, 15) is 14.9 Å². The Bertz CT molecular complexity index is 713. The van der Waals surface area contributed by atoms with Crippen LogP contribution in [-0.2, 0) is 4.74 Å². The molecule has 0 aliphatic carbocycles. The van der Waals surface area contributed by atoms with Crippen molar-refractivity contribution in [3.05, 3.63) is 58.1 Å². The molecule has 0 bridgehead atoms. The number of para-hydroxylation sites is 3. The molecule has 7 nitrogen and oxygen atoms in total. The summed E-state index contributed by atoms with van der Waals surface area (Å²) >= 11 is 0. The van der Waals surface area contributed by atoms with Crippen molar-refractivity contribution in [3.8, 4) is 17.2 Å². The maximum Gasteiger partial charge on any atom is 0.341 e. The zero-order valence-corrected chi connectivity index (χ0v) is 11.9. The predicted octanol–water partition coefficient (Wildman–Crippen LogP) is 3.18. The van der Waals surface area contributed by atoms with Crippen molar-refractivity contribution in [2.24, 2.45) is 0 Å². The highest BCUT2D eigenvalue weighted by Crippen LogP contribution is 2.38. The summed E-state index contributed by atoms with van der Waals surface area (Å²) in [6, 6.07) is 10.5. The molecule has 0 amide bonds. The third-order valence-corrected chi connectivity index (χ3v) is 2.88. The van der Waals surface area contributed by atoms with Gasteiger partial charge in [0.2, 0.25) is 5.75 Å². The van der Waals surface area contributed by atoms with Gasteiger partial charge in [-0.05, 0) is 18.2 Å². The molecular weight excluding hydrogens is 290 g/mol. The third-order valence-electron chi connectivity index (χ3n) is 2.88. The Kier molecular flexibility index (Phi) is 4.57. The first-order valence-electron chi connectivity index (χ1n) is 6.25. The van der Waals surface area contributed by atoms with Gasteiger partial charge < -0.3 is 14.2 Å². The molecule has 0 aliphatic rings. The minimum absolute atomic E-state index is 0.00199. The van der Waals surface area contributed by atoms with E-state index in [4.69, 9.17) is 9.47 Å². The maximum absolute atomic E-state index is 11.8. The molecule has 0 heterocycles. The van der Waals surface area contributed by atoms with Crippen LogP contribution in [-0.4, -0.2) is 25.1 Å². The van der Waals surface area contributed by atoms with Gasteiger partial charge in [0.15, 0.2) is 11.5 Å². The monoisotopic (exact) mass is 303 g/mol. The smallest absolute Gasteiger partial charge is 0.341 e. The van der Waals surface area contributed by atoms with Gasteiger partial charge in [0, 0.05) is 6.07 Å². The molecule has 2 aromatic carbocycles. The normalized spacial score (nSPS) is 9.91. The highest BCUT2D eigenvalue weighted by Gasteiger charge is 2.22. The van der Waals surface area contributed by atoms with Gasteiger partial charge in [-0.3, -0.25) is 10.1 Å². The third kappa shape index (κ3) is 2.98. The second kappa shape index (κ2) is 6.57. The molecule has 0 N–H and O–H groups in total. The topological polar surface area (TPSA) is 87.9 Å². The second-order valence-corrected chi connectivity index (χ2v) is 4.16. The summed E-state index contributed by atoms with van der Waals surface area (Å²) in [6.45, 7) is 0. The molecule has 2 rings (SSSR count). The van der Waals surface area contributed by atoms with Crippen LogP contribution in [0.4, 0.5) is 5.69 Å². The van der Waals surface area contributed by atoms with E-state index in [0.717, 1.165) is 0 Å². The van der Waals surface area contributed by atoms with Crippen LogP contribution in [0.2, 0.25) is 0 Å². The quantitative estimate of drug-likeness (QED) is 0.479. The SMILES string of the molecule is COC(=O)c1cccc(OC)c1Oc1ccccc1[N+](=O)[O-]. The van der Waals surface area contributed by atoms with E-state index in [0.29, 0.717) is 0 Å². The van der Waals surface area contributed by atoms with Crippen molar-refractivity contribution in [1.82, 2.24) is 0 Å². The number of esters is 1. The highest BCUT2D eigenvalue weighted by atomic mass is 16.6. The molecule has 0 unspecified atom stereocenters. The van der Waals surface area contributed by atoms with Gasteiger partial charge in [-0.25, -0.2) is 4.79 Å². The first-order chi connectivity index (χ1) is 10.6. The predicted molar refractivity (Wildman–Crippen MR) is 77.5 cm³/mol. The number of nitrogens with zero attached hydrogens (tertiary/aromatic N) is 1. The number of carbonyl (C=O) groups is 1. The average molecular weight is 303 g/mol. The molecule has 7 heteroatoms. The number of ether oxygens (including phenoxy) is 3. The van der Waals surface area contributed by atoms with Crippen LogP contribution in [0.5, 0.6) is 17.2 Å². The van der Waals surface area contributed by atoms with Crippen molar-refractivity contribution >= 4 is 11.7 Å². The van der Waals surface area contributed by atoms with Gasteiger partial charge in [-0.1, -0.05) is 18.2 Å². The standard InChI is InChI=1S/C15H13NO6/c1-20-13-9-5-6-10(15(17)21-2)14(13)22-12-8-4-3-7-11(12)16(18)19/h3-9H,1-2H3. The van der Waals surface area contributed by atoms with Crippen molar-refractivity contribution < 1.29 is 23.9 Å². The van der Waals surface area contributed by atoms with Gasteiger partial charge >= 0.3 is 11.7 Å². The summed E-state index contributed by atoms with van der Waals surface area (Å²) in [5, 5.41) is 11.0. The molecule has 0 saturated carbocycles. The number of nitro groups is 1. The van der Waals surface area contributed by atoms with Crippen molar-refractivity contribution in [3.63, 3.8) is 0 Å². The molecule has 0 atom stereocenters. The van der Waals surface area contributed by atoms with Crippen molar-refractivity contribution in [2.75, 3.05) is 14.2 Å². The van der Waals surface area contributed by atoms with Crippen molar-refractivity contribution in [1.29, 1.82) is 0 Å². The van der Waals surface area contributed by atoms with Gasteiger partial charge in [-0.2, -0.15) is 0 Å². The average Bonchev–Trinajstić information content (AvgIpc) is 2.54. The fraction of sp³-hybridized carbons (Fsp3) is 0.133. The lowest BCUT2D eigenvalue weighted by atomic mass is 10.2. The number of nitro benzene ring substituents is 1. The minimum Gasteiger partial charge on any atom is -0.493 e. The molecule has 0 radical (unpaired) electrons. The van der Waals surface area contributed by atoms with E-state index in [1.54, 1.807) is 18.2 Å². The second-order valence-electron chi connectivity index (χ2n) is 4.16. The Morgan fingerprint density at radius 3 is 2.36 bits per heavy atom. The van der Waals surface area contributed by atoms with Gasteiger partial charge in [0.1, 0.15) is 5.56 Å². The van der Waals surface area contributed by atoms with E-state index in [2.05, 4.69) is 4.74 Å². The van der Waals surface area contributed by atoms with Crippen LogP contribution >= 0.6 is 0 Å². The Balaban J connectivity index is 2.53. The Morgan fingerprint density at radius 2 is 1.73 bits per heavy atom. The first-order valence-corrected chi connectivity index (χ1v) is 6.25. The molecule has 0 aliphatic heterocycles. The zero-order valence-electron chi connectivity index (χ0n) is 11.9. The van der Waals surface area contributed by atoms with E-state index >= 15 is 0 Å². The molecule has 0 fully saturated rings. The Hall–Kier alpha value is -3.09. The van der Waals surface area contributed by atoms with Gasteiger partial charge in [0.05, 0.1) is 19.1 Å². The van der Waals surface area contributed by atoms with Crippen LogP contribution in [0.25, 0.3) is 0 Å².